The standard InChI is InChI=1S/C24H16ClF6N5O4/c25-15-5-12(8-32)6-17(7-15)39-18-19(23(26,27)28)34-11-36(22(18)38)10-14-9-33-20(35-21(14)37)13-1-3-16(4-2-13)40-24(29,30)31/h1-7,11,14,20,33H,9-10H2,(H,35,37). The molecule has 3 aromatic rings. The Morgan fingerprint density at radius 2 is 1.77 bits per heavy atom. The third-order valence-corrected chi connectivity index (χ3v) is 5.79. The first kappa shape index (κ1) is 28.7. The van der Waals surface area contributed by atoms with Gasteiger partial charge in [-0.05, 0) is 35.9 Å². The highest BCUT2D eigenvalue weighted by molar-refractivity contribution is 6.30. The van der Waals surface area contributed by atoms with Crippen LogP contribution in [-0.2, 0) is 17.5 Å². The van der Waals surface area contributed by atoms with Crippen LogP contribution in [0.5, 0.6) is 17.2 Å². The molecule has 40 heavy (non-hydrogen) atoms. The van der Waals surface area contributed by atoms with Crippen molar-refractivity contribution in [3.05, 3.63) is 81.0 Å². The maximum atomic E-state index is 13.6. The number of nitrogens with zero attached hydrogens (tertiary/aromatic N) is 3. The van der Waals surface area contributed by atoms with E-state index >= 15 is 0 Å². The number of alkyl halides is 6. The summed E-state index contributed by atoms with van der Waals surface area (Å²) in [6.07, 6.45) is -10.1. The number of ether oxygens (including phenoxy) is 2. The summed E-state index contributed by atoms with van der Waals surface area (Å²) < 4.78 is 87.7. The third-order valence-electron chi connectivity index (χ3n) is 5.58. The number of hydrogen-bond acceptors (Lipinski definition) is 7. The minimum atomic E-state index is -5.07. The van der Waals surface area contributed by atoms with Gasteiger partial charge in [0.2, 0.25) is 11.7 Å². The van der Waals surface area contributed by atoms with E-state index in [1.54, 1.807) is 6.07 Å². The molecule has 4 rings (SSSR count). The molecule has 1 amide bonds. The van der Waals surface area contributed by atoms with E-state index in [1.165, 1.54) is 18.2 Å². The highest BCUT2D eigenvalue weighted by Gasteiger charge is 2.39. The van der Waals surface area contributed by atoms with Gasteiger partial charge in [0.25, 0.3) is 5.56 Å². The smallest absolute Gasteiger partial charge is 0.449 e. The SMILES string of the molecule is N#Cc1cc(Cl)cc(Oc2c(C(F)(F)F)ncn(CC3CNC(c4ccc(OC(F)(F)F)cc4)NC3=O)c2=O)c1. The van der Waals surface area contributed by atoms with Gasteiger partial charge in [-0.2, -0.15) is 18.4 Å². The lowest BCUT2D eigenvalue weighted by Gasteiger charge is -2.31. The molecule has 1 aromatic heterocycles. The van der Waals surface area contributed by atoms with Crippen LogP contribution in [0.3, 0.4) is 0 Å². The van der Waals surface area contributed by atoms with Crippen molar-refractivity contribution in [3.63, 3.8) is 0 Å². The van der Waals surface area contributed by atoms with Gasteiger partial charge in [-0.25, -0.2) is 4.98 Å². The van der Waals surface area contributed by atoms with Crippen LogP contribution in [0.25, 0.3) is 0 Å². The second-order valence-corrected chi connectivity index (χ2v) is 8.87. The number of aromatic nitrogens is 2. The molecule has 2 heterocycles. The normalized spacial score (nSPS) is 17.6. The van der Waals surface area contributed by atoms with Crippen molar-refractivity contribution in [1.29, 1.82) is 5.26 Å². The van der Waals surface area contributed by atoms with Crippen molar-refractivity contribution in [2.75, 3.05) is 6.54 Å². The predicted molar refractivity (Wildman–Crippen MR) is 125 cm³/mol. The topological polar surface area (TPSA) is 118 Å². The van der Waals surface area contributed by atoms with Gasteiger partial charge in [-0.15, -0.1) is 13.2 Å². The number of hydrogen-bond donors (Lipinski definition) is 2. The summed E-state index contributed by atoms with van der Waals surface area (Å²) in [6.45, 7) is -0.427. The van der Waals surface area contributed by atoms with E-state index in [9.17, 15) is 35.9 Å². The molecule has 9 nitrogen and oxygen atoms in total. The first-order valence-corrected chi connectivity index (χ1v) is 11.6. The minimum absolute atomic E-state index is 0.0196. The molecular weight excluding hydrogens is 572 g/mol. The average Bonchev–Trinajstić information content (AvgIpc) is 2.86. The van der Waals surface area contributed by atoms with Crippen molar-refractivity contribution >= 4 is 17.5 Å². The van der Waals surface area contributed by atoms with E-state index in [2.05, 4.69) is 20.4 Å². The molecule has 210 valence electrons. The summed E-state index contributed by atoms with van der Waals surface area (Å²) in [5.41, 5.74) is -2.47. The number of benzene rings is 2. The Morgan fingerprint density at radius 1 is 1.07 bits per heavy atom. The van der Waals surface area contributed by atoms with Crippen LogP contribution < -0.4 is 25.7 Å². The summed E-state index contributed by atoms with van der Waals surface area (Å²) in [5, 5.41) is 14.6. The summed E-state index contributed by atoms with van der Waals surface area (Å²) >= 11 is 5.87. The van der Waals surface area contributed by atoms with Crippen LogP contribution in [0.2, 0.25) is 5.02 Å². The van der Waals surface area contributed by atoms with Gasteiger partial charge in [0.05, 0.1) is 23.9 Å². The molecule has 0 saturated carbocycles. The van der Waals surface area contributed by atoms with Gasteiger partial charge in [-0.3, -0.25) is 19.5 Å². The molecule has 16 heteroatoms. The van der Waals surface area contributed by atoms with E-state index in [0.29, 0.717) is 11.9 Å². The lowest BCUT2D eigenvalue weighted by molar-refractivity contribution is -0.274. The monoisotopic (exact) mass is 587 g/mol. The Labute approximate surface area is 225 Å². The van der Waals surface area contributed by atoms with Crippen molar-refractivity contribution in [3.8, 4) is 23.3 Å². The lowest BCUT2D eigenvalue weighted by Crippen LogP contribution is -2.52. The Balaban J connectivity index is 1.53. The second kappa shape index (κ2) is 11.1. The van der Waals surface area contributed by atoms with Gasteiger partial charge < -0.3 is 14.8 Å². The van der Waals surface area contributed by atoms with Crippen molar-refractivity contribution < 1.29 is 40.6 Å². The van der Waals surface area contributed by atoms with Gasteiger partial charge in [-0.1, -0.05) is 23.7 Å². The zero-order chi connectivity index (χ0) is 29.2. The van der Waals surface area contributed by atoms with Crippen LogP contribution in [0.4, 0.5) is 26.3 Å². The number of amides is 1. The molecule has 1 fully saturated rings. The largest absolute Gasteiger partial charge is 0.573 e. The van der Waals surface area contributed by atoms with Crippen molar-refractivity contribution in [2.45, 2.75) is 25.2 Å². The van der Waals surface area contributed by atoms with Gasteiger partial charge in [0.15, 0.2) is 5.69 Å². The minimum Gasteiger partial charge on any atom is -0.449 e. The molecule has 1 aliphatic rings. The van der Waals surface area contributed by atoms with Crippen molar-refractivity contribution in [2.24, 2.45) is 5.92 Å². The Hall–Kier alpha value is -4.29. The summed E-state index contributed by atoms with van der Waals surface area (Å²) in [4.78, 5) is 29.1. The number of nitriles is 1. The lowest BCUT2D eigenvalue weighted by atomic mass is 10.0. The van der Waals surface area contributed by atoms with E-state index in [4.69, 9.17) is 21.6 Å². The van der Waals surface area contributed by atoms with Crippen LogP contribution in [0.1, 0.15) is 23.0 Å². The average molecular weight is 588 g/mol. The summed E-state index contributed by atoms with van der Waals surface area (Å²) in [5.74, 6) is -3.46. The Morgan fingerprint density at radius 3 is 2.38 bits per heavy atom. The van der Waals surface area contributed by atoms with Crippen LogP contribution in [0, 0.1) is 17.2 Å². The molecule has 0 spiro atoms. The first-order chi connectivity index (χ1) is 18.7. The zero-order valence-corrected chi connectivity index (χ0v) is 20.6. The molecule has 0 aliphatic carbocycles. The summed E-state index contributed by atoms with van der Waals surface area (Å²) in [7, 11) is 0. The molecule has 0 radical (unpaired) electrons. The third kappa shape index (κ3) is 6.82. The number of rotatable bonds is 6. The quantitative estimate of drug-likeness (QED) is 0.407. The fraction of sp³-hybridized carbons (Fsp3) is 0.250. The molecule has 2 unspecified atom stereocenters. The maximum Gasteiger partial charge on any atom is 0.573 e. The van der Waals surface area contributed by atoms with E-state index in [-0.39, 0.29) is 29.4 Å². The fourth-order valence-corrected chi connectivity index (χ4v) is 4.04. The molecule has 0 bridgehead atoms. The highest BCUT2D eigenvalue weighted by Crippen LogP contribution is 2.35. The fourth-order valence-electron chi connectivity index (χ4n) is 3.81. The first-order valence-electron chi connectivity index (χ1n) is 11.2. The van der Waals surface area contributed by atoms with Gasteiger partial charge in [0.1, 0.15) is 17.7 Å². The van der Waals surface area contributed by atoms with Crippen LogP contribution >= 0.6 is 11.6 Å². The second-order valence-electron chi connectivity index (χ2n) is 8.43. The molecule has 1 saturated heterocycles. The number of nitrogens with one attached hydrogen (secondary N) is 2. The van der Waals surface area contributed by atoms with Crippen LogP contribution in [-0.4, -0.2) is 28.4 Å². The van der Waals surface area contributed by atoms with Crippen molar-refractivity contribution in [1.82, 2.24) is 20.2 Å². The van der Waals surface area contributed by atoms with E-state index in [1.807, 2.05) is 0 Å². The van der Waals surface area contributed by atoms with Gasteiger partial charge in [0, 0.05) is 18.1 Å². The van der Waals surface area contributed by atoms with Gasteiger partial charge >= 0.3 is 12.5 Å². The number of halogens is 7. The number of carbonyl (C=O) groups excluding carboxylic acids is 1. The van der Waals surface area contributed by atoms with E-state index in [0.717, 1.165) is 28.8 Å². The maximum absolute atomic E-state index is 13.6. The Kier molecular flexibility index (Phi) is 7.94. The molecule has 2 aromatic carbocycles. The molecule has 2 atom stereocenters. The van der Waals surface area contributed by atoms with Crippen LogP contribution in [0.15, 0.2) is 53.6 Å². The zero-order valence-electron chi connectivity index (χ0n) is 19.8. The molecule has 2 N–H and O–H groups in total. The highest BCUT2D eigenvalue weighted by atomic mass is 35.5. The number of carbonyl (C=O) groups is 1. The Bertz CT molecular complexity index is 1520. The van der Waals surface area contributed by atoms with E-state index < -0.39 is 53.3 Å². The predicted octanol–water partition coefficient (Wildman–Crippen LogP) is 4.51. The molecular formula is C24H16ClF6N5O4. The summed E-state index contributed by atoms with van der Waals surface area (Å²) in [6, 6.07) is 9.95. The molecule has 1 aliphatic heterocycles.